The predicted molar refractivity (Wildman–Crippen MR) is 66.4 cm³/mol. The average molecular weight is 353 g/mol. The SMILES string of the molecule is Cc1cccc(I)c1CC(=O)CBr. The summed E-state index contributed by atoms with van der Waals surface area (Å²) in [6.45, 7) is 2.04. The van der Waals surface area contributed by atoms with Crippen LogP contribution in [0.5, 0.6) is 0 Å². The van der Waals surface area contributed by atoms with Gasteiger partial charge in [0.1, 0.15) is 5.78 Å². The van der Waals surface area contributed by atoms with Crippen LogP contribution in [-0.2, 0) is 11.2 Å². The lowest BCUT2D eigenvalue weighted by atomic mass is 10.0. The molecule has 0 saturated carbocycles. The lowest BCUT2D eigenvalue weighted by Crippen LogP contribution is -2.06. The standard InChI is InChI=1S/C10H10BrIO/c1-7-3-2-4-10(12)9(7)5-8(13)6-11/h2-4H,5-6H2,1H3. The van der Waals surface area contributed by atoms with Crippen LogP contribution in [0.15, 0.2) is 18.2 Å². The number of halogens is 2. The second kappa shape index (κ2) is 5.10. The first-order valence-corrected chi connectivity index (χ1v) is 6.17. The number of ketones is 1. The number of hydrogen-bond donors (Lipinski definition) is 0. The summed E-state index contributed by atoms with van der Waals surface area (Å²) in [5.74, 6) is 0.229. The van der Waals surface area contributed by atoms with Crippen molar-refractivity contribution < 1.29 is 4.79 Å². The van der Waals surface area contributed by atoms with Crippen LogP contribution in [0.2, 0.25) is 0 Å². The summed E-state index contributed by atoms with van der Waals surface area (Å²) in [5.41, 5.74) is 2.36. The zero-order valence-electron chi connectivity index (χ0n) is 7.31. The molecule has 0 fully saturated rings. The van der Waals surface area contributed by atoms with Crippen LogP contribution >= 0.6 is 38.5 Å². The molecule has 0 spiro atoms. The minimum Gasteiger partial charge on any atom is -0.298 e. The Morgan fingerprint density at radius 2 is 2.23 bits per heavy atom. The van der Waals surface area contributed by atoms with Gasteiger partial charge >= 0.3 is 0 Å². The van der Waals surface area contributed by atoms with E-state index in [1.165, 1.54) is 9.13 Å². The van der Waals surface area contributed by atoms with E-state index in [4.69, 9.17) is 0 Å². The molecule has 0 aliphatic heterocycles. The zero-order chi connectivity index (χ0) is 9.84. The summed E-state index contributed by atoms with van der Waals surface area (Å²) in [6.07, 6.45) is 0.538. The minimum absolute atomic E-state index is 0.229. The maximum Gasteiger partial charge on any atom is 0.147 e. The van der Waals surface area contributed by atoms with E-state index >= 15 is 0 Å². The first-order chi connectivity index (χ1) is 6.15. The number of rotatable bonds is 3. The van der Waals surface area contributed by atoms with Crippen molar-refractivity contribution in [1.29, 1.82) is 0 Å². The third-order valence-corrected chi connectivity index (χ3v) is 3.51. The Labute approximate surface area is 100 Å². The van der Waals surface area contributed by atoms with Gasteiger partial charge < -0.3 is 0 Å². The molecule has 0 aliphatic carbocycles. The first-order valence-electron chi connectivity index (χ1n) is 3.97. The molecule has 0 saturated heterocycles. The largest absolute Gasteiger partial charge is 0.298 e. The fraction of sp³-hybridized carbons (Fsp3) is 0.300. The molecule has 3 heteroatoms. The van der Waals surface area contributed by atoms with Gasteiger partial charge in [0.25, 0.3) is 0 Å². The van der Waals surface area contributed by atoms with Crippen LogP contribution in [0, 0.1) is 10.5 Å². The van der Waals surface area contributed by atoms with Crippen LogP contribution in [0.25, 0.3) is 0 Å². The molecule has 0 aromatic heterocycles. The van der Waals surface area contributed by atoms with Crippen LogP contribution in [0.1, 0.15) is 11.1 Å². The quantitative estimate of drug-likeness (QED) is 0.603. The topological polar surface area (TPSA) is 17.1 Å². The molecule has 13 heavy (non-hydrogen) atoms. The zero-order valence-corrected chi connectivity index (χ0v) is 11.1. The lowest BCUT2D eigenvalue weighted by Gasteiger charge is -2.06. The summed E-state index contributed by atoms with van der Waals surface area (Å²) in [6, 6.07) is 6.09. The second-order valence-corrected chi connectivity index (χ2v) is 4.61. The van der Waals surface area contributed by atoms with Crippen molar-refractivity contribution in [3.63, 3.8) is 0 Å². The van der Waals surface area contributed by atoms with Gasteiger partial charge in [0, 0.05) is 9.99 Å². The summed E-state index contributed by atoms with van der Waals surface area (Å²) < 4.78 is 1.17. The molecule has 70 valence electrons. The van der Waals surface area contributed by atoms with E-state index in [0.717, 1.165) is 5.56 Å². The molecule has 1 rings (SSSR count). The van der Waals surface area contributed by atoms with E-state index in [0.29, 0.717) is 11.8 Å². The van der Waals surface area contributed by atoms with Gasteiger partial charge in [-0.25, -0.2) is 0 Å². The van der Waals surface area contributed by atoms with E-state index in [9.17, 15) is 4.79 Å². The van der Waals surface area contributed by atoms with Crippen molar-refractivity contribution in [2.75, 3.05) is 5.33 Å². The Morgan fingerprint density at radius 1 is 1.54 bits per heavy atom. The number of carbonyl (C=O) groups is 1. The number of benzene rings is 1. The average Bonchev–Trinajstić information content (AvgIpc) is 2.11. The van der Waals surface area contributed by atoms with E-state index in [2.05, 4.69) is 38.5 Å². The molecular formula is C10H10BrIO. The molecule has 1 nitrogen and oxygen atoms in total. The minimum atomic E-state index is 0.229. The third kappa shape index (κ3) is 3.06. The smallest absolute Gasteiger partial charge is 0.147 e. The van der Waals surface area contributed by atoms with Gasteiger partial charge in [-0.05, 0) is 46.7 Å². The van der Waals surface area contributed by atoms with Crippen molar-refractivity contribution in [1.82, 2.24) is 0 Å². The van der Waals surface area contributed by atoms with Crippen LogP contribution < -0.4 is 0 Å². The second-order valence-electron chi connectivity index (χ2n) is 2.88. The number of aryl methyl sites for hydroxylation is 1. The number of carbonyl (C=O) groups excluding carboxylic acids is 1. The molecule has 1 aromatic rings. The monoisotopic (exact) mass is 352 g/mol. The van der Waals surface area contributed by atoms with Crippen LogP contribution in [-0.4, -0.2) is 11.1 Å². The number of Topliss-reactive ketones (excluding diaryl/α,β-unsaturated/α-hetero) is 1. The highest BCUT2D eigenvalue weighted by molar-refractivity contribution is 14.1. The molecule has 0 radical (unpaired) electrons. The Morgan fingerprint density at radius 3 is 2.77 bits per heavy atom. The highest BCUT2D eigenvalue weighted by Gasteiger charge is 2.07. The summed E-state index contributed by atoms with van der Waals surface area (Å²) in [4.78, 5) is 11.2. The molecule has 0 amide bonds. The van der Waals surface area contributed by atoms with Crippen molar-refractivity contribution in [3.8, 4) is 0 Å². The van der Waals surface area contributed by atoms with Crippen molar-refractivity contribution in [2.45, 2.75) is 13.3 Å². The summed E-state index contributed by atoms with van der Waals surface area (Å²) in [7, 11) is 0. The van der Waals surface area contributed by atoms with E-state index in [-0.39, 0.29) is 5.78 Å². The van der Waals surface area contributed by atoms with Gasteiger partial charge in [0.05, 0.1) is 5.33 Å². The maximum absolute atomic E-state index is 11.2. The first kappa shape index (κ1) is 11.2. The van der Waals surface area contributed by atoms with Crippen LogP contribution in [0.3, 0.4) is 0 Å². The van der Waals surface area contributed by atoms with Crippen LogP contribution in [0.4, 0.5) is 0 Å². The van der Waals surface area contributed by atoms with E-state index < -0.39 is 0 Å². The predicted octanol–water partition coefficient (Wildman–Crippen LogP) is 3.11. The van der Waals surface area contributed by atoms with E-state index in [1.807, 2.05) is 25.1 Å². The summed E-state index contributed by atoms with van der Waals surface area (Å²) >= 11 is 5.44. The van der Waals surface area contributed by atoms with E-state index in [1.54, 1.807) is 0 Å². The van der Waals surface area contributed by atoms with Gasteiger partial charge in [-0.2, -0.15) is 0 Å². The highest BCUT2D eigenvalue weighted by atomic mass is 127. The Kier molecular flexibility index (Phi) is 4.38. The van der Waals surface area contributed by atoms with Crippen molar-refractivity contribution >= 4 is 44.3 Å². The molecule has 0 N–H and O–H groups in total. The number of hydrogen-bond acceptors (Lipinski definition) is 1. The Balaban J connectivity index is 2.93. The Hall–Kier alpha value is 0.1000. The molecular weight excluding hydrogens is 343 g/mol. The van der Waals surface area contributed by atoms with Gasteiger partial charge in [-0.15, -0.1) is 0 Å². The number of alkyl halides is 1. The third-order valence-electron chi connectivity index (χ3n) is 1.88. The normalized spacial score (nSPS) is 10.1. The molecule has 0 bridgehead atoms. The highest BCUT2D eigenvalue weighted by Crippen LogP contribution is 2.17. The van der Waals surface area contributed by atoms with Gasteiger partial charge in [0.15, 0.2) is 0 Å². The summed E-state index contributed by atoms with van der Waals surface area (Å²) in [5, 5.41) is 0.442. The molecule has 0 aliphatic rings. The van der Waals surface area contributed by atoms with Gasteiger partial charge in [-0.1, -0.05) is 28.1 Å². The Bertz CT molecular complexity index is 302. The van der Waals surface area contributed by atoms with Crippen molar-refractivity contribution in [3.05, 3.63) is 32.9 Å². The lowest BCUT2D eigenvalue weighted by molar-refractivity contribution is -0.115. The molecule has 1 aromatic carbocycles. The molecule has 0 atom stereocenters. The fourth-order valence-corrected chi connectivity index (χ4v) is 2.16. The van der Waals surface area contributed by atoms with Gasteiger partial charge in [0.2, 0.25) is 0 Å². The maximum atomic E-state index is 11.2. The fourth-order valence-electron chi connectivity index (χ4n) is 1.13. The molecule has 0 unspecified atom stereocenters. The molecule has 0 heterocycles. The van der Waals surface area contributed by atoms with Crippen molar-refractivity contribution in [2.24, 2.45) is 0 Å². The van der Waals surface area contributed by atoms with Gasteiger partial charge in [-0.3, -0.25) is 4.79 Å².